The summed E-state index contributed by atoms with van der Waals surface area (Å²) in [4.78, 5) is 18.7. The number of nitrogens with zero attached hydrogens (tertiary/aromatic N) is 2. The minimum absolute atomic E-state index is 0.104. The number of hydrogen-bond acceptors (Lipinski definition) is 3. The van der Waals surface area contributed by atoms with Crippen LogP contribution in [0.25, 0.3) is 0 Å². The van der Waals surface area contributed by atoms with Gasteiger partial charge in [0.05, 0.1) is 11.3 Å². The highest BCUT2D eigenvalue weighted by Crippen LogP contribution is 2.16. The van der Waals surface area contributed by atoms with E-state index in [0.717, 1.165) is 0 Å². The summed E-state index contributed by atoms with van der Waals surface area (Å²) in [5.74, 6) is -0.259. The average molecular weight is 180 g/mol. The van der Waals surface area contributed by atoms with Gasteiger partial charge in [-0.05, 0) is 12.8 Å². The van der Waals surface area contributed by atoms with Crippen LogP contribution in [0.15, 0.2) is 6.20 Å². The van der Waals surface area contributed by atoms with Crippen molar-refractivity contribution in [2.75, 3.05) is 0 Å². The molecule has 0 fully saturated rings. The second kappa shape index (κ2) is 3.51. The van der Waals surface area contributed by atoms with E-state index in [-0.39, 0.29) is 11.5 Å². The number of carboxylic acid groups (broad SMARTS) is 1. The number of aryl methyl sites for hydroxylation is 1. The molecule has 0 radical (unpaired) electrons. The first kappa shape index (κ1) is 9.64. The molecule has 1 N–H and O–H groups in total. The molecule has 4 heteroatoms. The van der Waals surface area contributed by atoms with E-state index in [9.17, 15) is 4.79 Å². The molecule has 0 spiro atoms. The summed E-state index contributed by atoms with van der Waals surface area (Å²) >= 11 is 0. The molecule has 1 aromatic rings. The Bertz CT molecular complexity index is 334. The van der Waals surface area contributed by atoms with E-state index in [1.807, 2.05) is 13.8 Å². The second-order valence-corrected chi connectivity index (χ2v) is 3.18. The van der Waals surface area contributed by atoms with Crippen molar-refractivity contribution >= 4 is 5.97 Å². The Balaban J connectivity index is 3.26. The largest absolute Gasteiger partial charge is 0.478 e. The van der Waals surface area contributed by atoms with Crippen molar-refractivity contribution in [3.05, 3.63) is 23.3 Å². The highest BCUT2D eigenvalue weighted by atomic mass is 16.4. The predicted octanol–water partition coefficient (Wildman–Crippen LogP) is 1.61. The summed E-state index contributed by atoms with van der Waals surface area (Å²) in [6.07, 6.45) is 1.36. The zero-order chi connectivity index (χ0) is 10.0. The summed E-state index contributed by atoms with van der Waals surface area (Å²) in [6, 6.07) is 0. The van der Waals surface area contributed by atoms with Crippen molar-refractivity contribution in [2.45, 2.75) is 26.7 Å². The van der Waals surface area contributed by atoms with Crippen molar-refractivity contribution in [1.29, 1.82) is 0 Å². The molecule has 0 saturated heterocycles. The maximum atomic E-state index is 10.8. The molecule has 13 heavy (non-hydrogen) atoms. The normalized spacial score (nSPS) is 10.5. The van der Waals surface area contributed by atoms with Crippen LogP contribution >= 0.6 is 0 Å². The number of carbonyl (C=O) groups is 1. The van der Waals surface area contributed by atoms with Crippen LogP contribution < -0.4 is 0 Å². The Labute approximate surface area is 76.7 Å². The summed E-state index contributed by atoms with van der Waals surface area (Å²) in [7, 11) is 0. The third-order valence-electron chi connectivity index (χ3n) is 1.72. The van der Waals surface area contributed by atoms with Crippen LogP contribution in [0.5, 0.6) is 0 Å². The van der Waals surface area contributed by atoms with E-state index in [1.54, 1.807) is 6.92 Å². The molecule has 1 aromatic heterocycles. The SMILES string of the molecule is Cc1ncc(C(=O)O)c(C(C)C)n1. The van der Waals surface area contributed by atoms with Crippen molar-refractivity contribution in [3.8, 4) is 0 Å². The van der Waals surface area contributed by atoms with Gasteiger partial charge in [-0.1, -0.05) is 13.8 Å². The van der Waals surface area contributed by atoms with Crippen LogP contribution in [-0.4, -0.2) is 21.0 Å². The van der Waals surface area contributed by atoms with Gasteiger partial charge in [-0.15, -0.1) is 0 Å². The van der Waals surface area contributed by atoms with Gasteiger partial charge in [0.2, 0.25) is 0 Å². The summed E-state index contributed by atoms with van der Waals surface area (Å²) < 4.78 is 0. The molecular weight excluding hydrogens is 168 g/mol. The van der Waals surface area contributed by atoms with Gasteiger partial charge in [0.15, 0.2) is 0 Å². The fourth-order valence-corrected chi connectivity index (χ4v) is 1.09. The minimum Gasteiger partial charge on any atom is -0.478 e. The molecule has 0 saturated carbocycles. The predicted molar refractivity (Wildman–Crippen MR) is 47.8 cm³/mol. The second-order valence-electron chi connectivity index (χ2n) is 3.18. The van der Waals surface area contributed by atoms with Gasteiger partial charge in [0, 0.05) is 6.20 Å². The first-order chi connectivity index (χ1) is 6.02. The lowest BCUT2D eigenvalue weighted by Gasteiger charge is -2.07. The van der Waals surface area contributed by atoms with Gasteiger partial charge in [-0.3, -0.25) is 0 Å². The molecule has 0 aliphatic heterocycles. The fourth-order valence-electron chi connectivity index (χ4n) is 1.09. The molecule has 70 valence electrons. The van der Waals surface area contributed by atoms with E-state index in [4.69, 9.17) is 5.11 Å². The Morgan fingerprint density at radius 3 is 2.62 bits per heavy atom. The van der Waals surface area contributed by atoms with Crippen molar-refractivity contribution in [1.82, 2.24) is 9.97 Å². The Morgan fingerprint density at radius 1 is 1.54 bits per heavy atom. The number of carboxylic acids is 1. The summed E-state index contributed by atoms with van der Waals surface area (Å²) in [5.41, 5.74) is 0.792. The van der Waals surface area contributed by atoms with Crippen LogP contribution in [-0.2, 0) is 0 Å². The molecule has 0 aromatic carbocycles. The lowest BCUT2D eigenvalue weighted by atomic mass is 10.1. The molecule has 0 unspecified atom stereocenters. The fraction of sp³-hybridized carbons (Fsp3) is 0.444. The monoisotopic (exact) mass is 180 g/mol. The maximum Gasteiger partial charge on any atom is 0.339 e. The molecule has 1 heterocycles. The van der Waals surface area contributed by atoms with Gasteiger partial charge in [-0.2, -0.15) is 0 Å². The third-order valence-corrected chi connectivity index (χ3v) is 1.72. The van der Waals surface area contributed by atoms with Crippen molar-refractivity contribution < 1.29 is 9.90 Å². The van der Waals surface area contributed by atoms with Crippen molar-refractivity contribution in [3.63, 3.8) is 0 Å². The van der Waals surface area contributed by atoms with Crippen molar-refractivity contribution in [2.24, 2.45) is 0 Å². The Kier molecular flexibility index (Phi) is 2.60. The Hall–Kier alpha value is -1.45. The van der Waals surface area contributed by atoms with Gasteiger partial charge in [0.25, 0.3) is 0 Å². The quantitative estimate of drug-likeness (QED) is 0.750. The lowest BCUT2D eigenvalue weighted by molar-refractivity contribution is 0.0694. The van der Waals surface area contributed by atoms with Gasteiger partial charge < -0.3 is 5.11 Å². The van der Waals surface area contributed by atoms with E-state index < -0.39 is 5.97 Å². The molecular formula is C9H12N2O2. The molecule has 0 atom stereocenters. The van der Waals surface area contributed by atoms with Crippen LogP contribution in [0.3, 0.4) is 0 Å². The summed E-state index contributed by atoms with van der Waals surface area (Å²) in [5, 5.41) is 8.83. The van der Waals surface area contributed by atoms with E-state index in [1.165, 1.54) is 6.20 Å². The van der Waals surface area contributed by atoms with Gasteiger partial charge in [0.1, 0.15) is 5.82 Å². The zero-order valence-corrected chi connectivity index (χ0v) is 7.90. The van der Waals surface area contributed by atoms with Crippen LogP contribution in [0.2, 0.25) is 0 Å². The molecule has 0 aliphatic carbocycles. The van der Waals surface area contributed by atoms with Gasteiger partial charge >= 0.3 is 5.97 Å². The first-order valence-electron chi connectivity index (χ1n) is 4.09. The topological polar surface area (TPSA) is 63.1 Å². The maximum absolute atomic E-state index is 10.8. The number of rotatable bonds is 2. The third kappa shape index (κ3) is 2.02. The summed E-state index contributed by atoms with van der Waals surface area (Å²) in [6.45, 7) is 5.57. The minimum atomic E-state index is -0.969. The molecule has 0 amide bonds. The number of aromatic carboxylic acids is 1. The van der Waals surface area contributed by atoms with Crippen LogP contribution in [0.1, 0.15) is 41.6 Å². The van der Waals surface area contributed by atoms with Crippen LogP contribution in [0.4, 0.5) is 0 Å². The highest BCUT2D eigenvalue weighted by Gasteiger charge is 2.14. The first-order valence-corrected chi connectivity index (χ1v) is 4.09. The van der Waals surface area contributed by atoms with E-state index in [2.05, 4.69) is 9.97 Å². The van der Waals surface area contributed by atoms with E-state index >= 15 is 0 Å². The lowest BCUT2D eigenvalue weighted by Crippen LogP contribution is -2.08. The average Bonchev–Trinajstić information content (AvgIpc) is 2.03. The molecule has 0 aliphatic rings. The number of aromatic nitrogens is 2. The van der Waals surface area contributed by atoms with Gasteiger partial charge in [-0.25, -0.2) is 14.8 Å². The molecule has 1 rings (SSSR count). The molecule has 4 nitrogen and oxygen atoms in total. The number of hydrogen-bond donors (Lipinski definition) is 1. The highest BCUT2D eigenvalue weighted by molar-refractivity contribution is 5.88. The zero-order valence-electron chi connectivity index (χ0n) is 7.90. The molecule has 0 bridgehead atoms. The van der Waals surface area contributed by atoms with E-state index in [0.29, 0.717) is 11.5 Å². The van der Waals surface area contributed by atoms with Crippen LogP contribution in [0, 0.1) is 6.92 Å². The standard InChI is InChI=1S/C9H12N2O2/c1-5(2)8-7(9(12)13)4-10-6(3)11-8/h4-5H,1-3H3,(H,12,13). The smallest absolute Gasteiger partial charge is 0.339 e. The Morgan fingerprint density at radius 2 is 2.15 bits per heavy atom.